The standard InChI is InChI=1S/C21H23N3O4/c1-12-8-17(12)21(28)24-7-6-14(10-15(25)11-24)22-20(27)18-9-13-4-2-3-5-16(13)19(26)23-18/h2-5,9,14-15,17,25H,1,6-8,10-11H2,(H,22,27)(H,23,26)/t14-,15-,17?/m1/s1. The Bertz CT molecular complexity index is 1010. The van der Waals surface area contributed by atoms with Crippen LogP contribution >= 0.6 is 0 Å². The summed E-state index contributed by atoms with van der Waals surface area (Å²) in [6.45, 7) is 4.56. The van der Waals surface area contributed by atoms with Gasteiger partial charge in [0.2, 0.25) is 5.91 Å². The van der Waals surface area contributed by atoms with Crippen LogP contribution in [0, 0.1) is 5.92 Å². The Labute approximate surface area is 162 Å². The summed E-state index contributed by atoms with van der Waals surface area (Å²) in [5.74, 6) is -0.494. The van der Waals surface area contributed by atoms with Crippen molar-refractivity contribution in [2.75, 3.05) is 13.1 Å². The Morgan fingerprint density at radius 2 is 2.04 bits per heavy atom. The second kappa shape index (κ2) is 7.24. The number of carbonyl (C=O) groups is 2. The first-order chi connectivity index (χ1) is 13.4. The van der Waals surface area contributed by atoms with E-state index in [9.17, 15) is 19.5 Å². The third-order valence-electron chi connectivity index (χ3n) is 5.48. The molecule has 2 aliphatic rings. The van der Waals surface area contributed by atoms with Gasteiger partial charge in [-0.25, -0.2) is 0 Å². The van der Waals surface area contributed by atoms with Crippen LogP contribution in [-0.2, 0) is 4.79 Å². The number of β-amino-alcohol motifs (C(OH)–C–C–N with tert-alkyl or cyclic N) is 1. The molecule has 2 fully saturated rings. The molecule has 2 aromatic rings. The molecule has 7 heteroatoms. The molecule has 28 heavy (non-hydrogen) atoms. The van der Waals surface area contributed by atoms with E-state index < -0.39 is 12.0 Å². The zero-order valence-electron chi connectivity index (χ0n) is 15.5. The van der Waals surface area contributed by atoms with Crippen LogP contribution in [0.3, 0.4) is 0 Å². The van der Waals surface area contributed by atoms with Gasteiger partial charge in [0.05, 0.1) is 12.0 Å². The molecule has 0 spiro atoms. The molecule has 1 aromatic carbocycles. The highest BCUT2D eigenvalue weighted by atomic mass is 16.3. The van der Waals surface area contributed by atoms with Crippen LogP contribution in [0.2, 0.25) is 0 Å². The van der Waals surface area contributed by atoms with Crippen LogP contribution in [0.5, 0.6) is 0 Å². The minimum atomic E-state index is -0.709. The van der Waals surface area contributed by atoms with E-state index in [4.69, 9.17) is 0 Å². The molecule has 2 amide bonds. The van der Waals surface area contributed by atoms with Crippen molar-refractivity contribution in [3.8, 4) is 0 Å². The number of hydrogen-bond donors (Lipinski definition) is 3. The number of amides is 2. The van der Waals surface area contributed by atoms with E-state index in [1.165, 1.54) is 0 Å². The number of aromatic nitrogens is 1. The van der Waals surface area contributed by atoms with Crippen LogP contribution in [0.4, 0.5) is 0 Å². The van der Waals surface area contributed by atoms with Crippen LogP contribution in [0.15, 0.2) is 47.3 Å². The molecule has 4 rings (SSSR count). The molecule has 1 aliphatic heterocycles. The molecule has 1 unspecified atom stereocenters. The second-order valence-electron chi connectivity index (χ2n) is 7.65. The van der Waals surface area contributed by atoms with E-state index in [1.54, 1.807) is 29.2 Å². The maximum absolute atomic E-state index is 12.6. The monoisotopic (exact) mass is 381 g/mol. The molecular formula is C21H23N3O4. The fraction of sp³-hybridized carbons (Fsp3) is 0.381. The summed E-state index contributed by atoms with van der Waals surface area (Å²) in [4.78, 5) is 41.5. The van der Waals surface area contributed by atoms with Crippen molar-refractivity contribution in [2.24, 2.45) is 5.92 Å². The normalized spacial score (nSPS) is 24.7. The van der Waals surface area contributed by atoms with Crippen molar-refractivity contribution in [3.63, 3.8) is 0 Å². The minimum Gasteiger partial charge on any atom is -0.391 e. The SMILES string of the molecule is C=C1CC1C(=O)N1CC[C@@H](NC(=O)c2cc3ccccc3c(=O)[nH]2)C[C@@H](O)C1. The van der Waals surface area contributed by atoms with Gasteiger partial charge >= 0.3 is 0 Å². The van der Waals surface area contributed by atoms with E-state index in [0.717, 1.165) is 12.0 Å². The predicted molar refractivity (Wildman–Crippen MR) is 105 cm³/mol. The van der Waals surface area contributed by atoms with Gasteiger partial charge in [-0.05, 0) is 36.8 Å². The highest BCUT2D eigenvalue weighted by molar-refractivity contribution is 5.96. The molecule has 2 heterocycles. The Morgan fingerprint density at radius 1 is 1.29 bits per heavy atom. The number of pyridine rings is 1. The van der Waals surface area contributed by atoms with E-state index in [1.807, 2.05) is 6.07 Å². The van der Waals surface area contributed by atoms with Crippen molar-refractivity contribution < 1.29 is 14.7 Å². The van der Waals surface area contributed by atoms with Gasteiger partial charge in [0, 0.05) is 24.5 Å². The van der Waals surface area contributed by atoms with Gasteiger partial charge in [0.25, 0.3) is 11.5 Å². The Kier molecular flexibility index (Phi) is 4.77. The summed E-state index contributed by atoms with van der Waals surface area (Å²) < 4.78 is 0. The number of likely N-dealkylation sites (tertiary alicyclic amines) is 1. The average Bonchev–Trinajstić information content (AvgIpc) is 3.43. The van der Waals surface area contributed by atoms with Gasteiger partial charge in [-0.3, -0.25) is 14.4 Å². The summed E-state index contributed by atoms with van der Waals surface area (Å²) in [6.07, 6.45) is 0.922. The van der Waals surface area contributed by atoms with Crippen molar-refractivity contribution in [1.29, 1.82) is 0 Å². The molecule has 1 aromatic heterocycles. The maximum Gasteiger partial charge on any atom is 0.268 e. The first kappa shape index (κ1) is 18.4. The number of rotatable bonds is 3. The zero-order valence-corrected chi connectivity index (χ0v) is 15.5. The largest absolute Gasteiger partial charge is 0.391 e. The van der Waals surface area contributed by atoms with Gasteiger partial charge in [-0.1, -0.05) is 30.4 Å². The highest BCUT2D eigenvalue weighted by Crippen LogP contribution is 2.37. The number of hydrogen-bond acceptors (Lipinski definition) is 4. The molecule has 0 bridgehead atoms. The zero-order chi connectivity index (χ0) is 19.8. The summed E-state index contributed by atoms with van der Waals surface area (Å²) in [7, 11) is 0. The topological polar surface area (TPSA) is 103 Å². The van der Waals surface area contributed by atoms with Crippen molar-refractivity contribution >= 4 is 22.6 Å². The minimum absolute atomic E-state index is 0.00915. The fourth-order valence-corrected chi connectivity index (χ4v) is 3.79. The van der Waals surface area contributed by atoms with Gasteiger partial charge in [0.15, 0.2) is 0 Å². The Balaban J connectivity index is 1.45. The number of carbonyl (C=O) groups excluding carboxylic acids is 2. The van der Waals surface area contributed by atoms with Crippen molar-refractivity contribution in [2.45, 2.75) is 31.4 Å². The van der Waals surface area contributed by atoms with Crippen LogP contribution in [-0.4, -0.2) is 52.0 Å². The number of aliphatic hydroxyl groups is 1. The maximum atomic E-state index is 12.6. The molecule has 7 nitrogen and oxygen atoms in total. The van der Waals surface area contributed by atoms with Gasteiger partial charge in [-0.15, -0.1) is 0 Å². The van der Waals surface area contributed by atoms with E-state index in [-0.39, 0.29) is 35.7 Å². The fourth-order valence-electron chi connectivity index (χ4n) is 3.79. The number of H-pyrrole nitrogens is 1. The third-order valence-corrected chi connectivity index (χ3v) is 5.48. The number of aromatic amines is 1. The van der Waals surface area contributed by atoms with Gasteiger partial charge in [0.1, 0.15) is 5.69 Å². The third kappa shape index (κ3) is 3.71. The lowest BCUT2D eigenvalue weighted by molar-refractivity contribution is -0.133. The van der Waals surface area contributed by atoms with Crippen molar-refractivity contribution in [1.82, 2.24) is 15.2 Å². The van der Waals surface area contributed by atoms with Gasteiger partial charge < -0.3 is 20.3 Å². The number of nitrogens with zero attached hydrogens (tertiary/aromatic N) is 1. The first-order valence-electron chi connectivity index (χ1n) is 9.50. The molecule has 3 N–H and O–H groups in total. The number of benzene rings is 1. The molecule has 0 radical (unpaired) electrons. The van der Waals surface area contributed by atoms with E-state index in [2.05, 4.69) is 16.9 Å². The van der Waals surface area contributed by atoms with Crippen LogP contribution in [0.1, 0.15) is 29.8 Å². The van der Waals surface area contributed by atoms with Crippen molar-refractivity contribution in [3.05, 3.63) is 58.5 Å². The highest BCUT2D eigenvalue weighted by Gasteiger charge is 2.39. The lowest BCUT2D eigenvalue weighted by Gasteiger charge is -2.21. The summed E-state index contributed by atoms with van der Waals surface area (Å²) in [6, 6.07) is 8.44. The molecule has 1 saturated heterocycles. The summed E-state index contributed by atoms with van der Waals surface area (Å²) in [5, 5.41) is 14.4. The Hall–Kier alpha value is -2.93. The average molecular weight is 381 g/mol. The lowest BCUT2D eigenvalue weighted by atomic mass is 10.1. The molecule has 1 aliphatic carbocycles. The number of aliphatic hydroxyl groups excluding tert-OH is 1. The van der Waals surface area contributed by atoms with E-state index >= 15 is 0 Å². The van der Waals surface area contributed by atoms with E-state index in [0.29, 0.717) is 30.2 Å². The van der Waals surface area contributed by atoms with Gasteiger partial charge in [-0.2, -0.15) is 0 Å². The Morgan fingerprint density at radius 3 is 2.79 bits per heavy atom. The molecule has 3 atom stereocenters. The predicted octanol–water partition coefficient (Wildman–Crippen LogP) is 1.19. The van der Waals surface area contributed by atoms with Crippen LogP contribution in [0.25, 0.3) is 10.8 Å². The number of fused-ring (bicyclic) bond motifs is 1. The molecule has 146 valence electrons. The quantitative estimate of drug-likeness (QED) is 0.695. The first-order valence-corrected chi connectivity index (χ1v) is 9.50. The lowest BCUT2D eigenvalue weighted by Crippen LogP contribution is -2.38. The summed E-state index contributed by atoms with van der Waals surface area (Å²) >= 11 is 0. The molecule has 1 saturated carbocycles. The number of nitrogens with one attached hydrogen (secondary N) is 2. The van der Waals surface area contributed by atoms with Crippen LogP contribution < -0.4 is 10.9 Å². The smallest absolute Gasteiger partial charge is 0.268 e. The summed E-state index contributed by atoms with van der Waals surface area (Å²) in [5.41, 5.74) is 0.809. The second-order valence-corrected chi connectivity index (χ2v) is 7.65. The molecular weight excluding hydrogens is 358 g/mol.